The number of halogens is 2. The van der Waals surface area contributed by atoms with E-state index in [-0.39, 0.29) is 5.91 Å². The number of carbonyl (C=O) groups excluding carboxylic acids is 1. The molecule has 1 saturated carbocycles. The number of rotatable bonds is 5. The molecule has 0 aliphatic heterocycles. The predicted octanol–water partition coefficient (Wildman–Crippen LogP) is 3.70. The van der Waals surface area contributed by atoms with Crippen LogP contribution in [0.5, 0.6) is 0 Å². The molecule has 1 fully saturated rings. The summed E-state index contributed by atoms with van der Waals surface area (Å²) >= 11 is 11.6. The van der Waals surface area contributed by atoms with Crippen LogP contribution in [-0.2, 0) is 4.79 Å². The Morgan fingerprint density at radius 2 is 1.71 bits per heavy atom. The molecule has 1 amide bonds. The van der Waals surface area contributed by atoms with Crippen molar-refractivity contribution in [2.75, 3.05) is 11.8 Å². The third-order valence-corrected chi connectivity index (χ3v) is 4.66. The minimum atomic E-state index is -0.467. The van der Waals surface area contributed by atoms with Gasteiger partial charge in [-0.3, -0.25) is 4.79 Å². The van der Waals surface area contributed by atoms with Crippen LogP contribution in [0.2, 0.25) is 0 Å². The van der Waals surface area contributed by atoms with Crippen LogP contribution in [0.1, 0.15) is 51.9 Å². The van der Waals surface area contributed by atoms with Crippen LogP contribution in [0.15, 0.2) is 0 Å². The lowest BCUT2D eigenvalue weighted by Gasteiger charge is -2.27. The van der Waals surface area contributed by atoms with Crippen LogP contribution >= 0.6 is 23.2 Å². The summed E-state index contributed by atoms with van der Waals surface area (Å²) in [6, 6.07) is 0. The summed E-state index contributed by atoms with van der Waals surface area (Å²) in [6.07, 6.45) is 8.17. The SMILES string of the molecule is CC(CCl)(CCl)NC(=O)CC1CCCCCC1. The first-order valence-corrected chi connectivity index (χ1v) is 7.59. The van der Waals surface area contributed by atoms with E-state index in [1.165, 1.54) is 38.5 Å². The molecule has 1 aliphatic carbocycles. The lowest BCUT2D eigenvalue weighted by molar-refractivity contribution is -0.123. The Morgan fingerprint density at radius 3 is 2.18 bits per heavy atom. The second-order valence-electron chi connectivity index (χ2n) is 5.44. The van der Waals surface area contributed by atoms with Crippen LogP contribution in [0.4, 0.5) is 0 Å². The molecule has 0 radical (unpaired) electrons. The molecule has 1 N–H and O–H groups in total. The van der Waals surface area contributed by atoms with E-state index in [9.17, 15) is 4.79 Å². The fraction of sp³-hybridized carbons (Fsp3) is 0.923. The lowest BCUT2D eigenvalue weighted by atomic mass is 9.95. The molecule has 0 atom stereocenters. The quantitative estimate of drug-likeness (QED) is 0.604. The van der Waals surface area contributed by atoms with Gasteiger partial charge in [0.05, 0.1) is 5.54 Å². The molecule has 4 heteroatoms. The van der Waals surface area contributed by atoms with Crippen LogP contribution in [0, 0.1) is 5.92 Å². The maximum Gasteiger partial charge on any atom is 0.220 e. The van der Waals surface area contributed by atoms with E-state index >= 15 is 0 Å². The predicted molar refractivity (Wildman–Crippen MR) is 73.8 cm³/mol. The topological polar surface area (TPSA) is 29.1 Å². The number of hydrogen-bond donors (Lipinski definition) is 1. The Morgan fingerprint density at radius 1 is 1.18 bits per heavy atom. The largest absolute Gasteiger partial charge is 0.349 e. The molecular weight excluding hydrogens is 257 g/mol. The monoisotopic (exact) mass is 279 g/mol. The van der Waals surface area contributed by atoms with Crippen LogP contribution in [0.25, 0.3) is 0 Å². The zero-order chi connectivity index (χ0) is 12.7. The smallest absolute Gasteiger partial charge is 0.220 e. The van der Waals surface area contributed by atoms with Crippen molar-refractivity contribution in [2.45, 2.75) is 57.4 Å². The fourth-order valence-corrected chi connectivity index (χ4v) is 2.74. The van der Waals surface area contributed by atoms with Gasteiger partial charge in [0.1, 0.15) is 0 Å². The van der Waals surface area contributed by atoms with Crippen molar-refractivity contribution >= 4 is 29.1 Å². The maximum atomic E-state index is 11.9. The molecule has 0 aromatic carbocycles. The highest BCUT2D eigenvalue weighted by molar-refractivity contribution is 6.22. The van der Waals surface area contributed by atoms with E-state index in [1.54, 1.807) is 0 Å². The molecule has 0 saturated heterocycles. The Kier molecular flexibility index (Phi) is 6.65. The second kappa shape index (κ2) is 7.48. The van der Waals surface area contributed by atoms with Gasteiger partial charge < -0.3 is 5.32 Å². The molecule has 0 spiro atoms. The van der Waals surface area contributed by atoms with Gasteiger partial charge in [-0.1, -0.05) is 25.7 Å². The van der Waals surface area contributed by atoms with Gasteiger partial charge in [0.25, 0.3) is 0 Å². The average molecular weight is 280 g/mol. The summed E-state index contributed by atoms with van der Waals surface area (Å²) in [6.45, 7) is 1.89. The molecular formula is C13H23Cl2NO. The number of carbonyl (C=O) groups is 1. The minimum Gasteiger partial charge on any atom is -0.349 e. The Bertz CT molecular complexity index is 234. The van der Waals surface area contributed by atoms with Crippen molar-refractivity contribution in [1.82, 2.24) is 5.32 Å². The van der Waals surface area contributed by atoms with E-state index in [1.807, 2.05) is 6.92 Å². The molecule has 0 unspecified atom stereocenters. The zero-order valence-corrected chi connectivity index (χ0v) is 12.1. The zero-order valence-electron chi connectivity index (χ0n) is 10.6. The van der Waals surface area contributed by atoms with Crippen molar-refractivity contribution < 1.29 is 4.79 Å². The van der Waals surface area contributed by atoms with E-state index in [0.29, 0.717) is 24.1 Å². The second-order valence-corrected chi connectivity index (χ2v) is 5.97. The Balaban J connectivity index is 2.37. The van der Waals surface area contributed by atoms with Gasteiger partial charge in [-0.25, -0.2) is 0 Å². The molecule has 0 heterocycles. The summed E-state index contributed by atoms with van der Waals surface area (Å²) < 4.78 is 0. The molecule has 1 rings (SSSR count). The summed E-state index contributed by atoms with van der Waals surface area (Å²) in [7, 11) is 0. The molecule has 0 aromatic heterocycles. The van der Waals surface area contributed by atoms with Gasteiger partial charge in [0.2, 0.25) is 5.91 Å². The van der Waals surface area contributed by atoms with E-state index in [2.05, 4.69) is 5.32 Å². The van der Waals surface area contributed by atoms with E-state index in [0.717, 1.165) is 0 Å². The molecule has 100 valence electrons. The highest BCUT2D eigenvalue weighted by Gasteiger charge is 2.25. The van der Waals surface area contributed by atoms with E-state index < -0.39 is 5.54 Å². The summed E-state index contributed by atoms with van der Waals surface area (Å²) in [5.74, 6) is 1.35. The van der Waals surface area contributed by atoms with Crippen molar-refractivity contribution in [2.24, 2.45) is 5.92 Å². The average Bonchev–Trinajstić information content (AvgIpc) is 2.57. The first kappa shape index (κ1) is 15.1. The third-order valence-electron chi connectivity index (χ3n) is 3.48. The van der Waals surface area contributed by atoms with Crippen molar-refractivity contribution in [1.29, 1.82) is 0 Å². The maximum absolute atomic E-state index is 11.9. The standard InChI is InChI=1S/C13H23Cl2NO/c1-13(9-14,10-15)16-12(17)8-11-6-4-2-3-5-7-11/h11H,2-10H2,1H3,(H,16,17). The number of nitrogens with one attached hydrogen (secondary N) is 1. The molecule has 17 heavy (non-hydrogen) atoms. The van der Waals surface area contributed by atoms with Crippen LogP contribution in [-0.4, -0.2) is 23.2 Å². The minimum absolute atomic E-state index is 0.0979. The van der Waals surface area contributed by atoms with Crippen LogP contribution in [0.3, 0.4) is 0 Å². The first-order valence-electron chi connectivity index (χ1n) is 6.52. The molecule has 0 aromatic rings. The van der Waals surface area contributed by atoms with Gasteiger partial charge in [0.15, 0.2) is 0 Å². The van der Waals surface area contributed by atoms with Crippen molar-refractivity contribution in [3.05, 3.63) is 0 Å². The van der Waals surface area contributed by atoms with Gasteiger partial charge in [-0.05, 0) is 25.7 Å². The van der Waals surface area contributed by atoms with Gasteiger partial charge in [0, 0.05) is 18.2 Å². The number of amides is 1. The summed E-state index contributed by atoms with van der Waals surface area (Å²) in [5, 5.41) is 2.96. The first-order chi connectivity index (χ1) is 8.09. The van der Waals surface area contributed by atoms with Gasteiger partial charge in [-0.2, -0.15) is 0 Å². The fourth-order valence-electron chi connectivity index (χ4n) is 2.32. The van der Waals surface area contributed by atoms with Gasteiger partial charge >= 0.3 is 0 Å². The van der Waals surface area contributed by atoms with Crippen molar-refractivity contribution in [3.63, 3.8) is 0 Å². The normalized spacial score (nSPS) is 18.8. The lowest BCUT2D eigenvalue weighted by Crippen LogP contribution is -2.49. The highest BCUT2D eigenvalue weighted by Crippen LogP contribution is 2.25. The van der Waals surface area contributed by atoms with Gasteiger partial charge in [-0.15, -0.1) is 23.2 Å². The van der Waals surface area contributed by atoms with Crippen LogP contribution < -0.4 is 5.32 Å². The molecule has 1 aliphatic rings. The third kappa shape index (κ3) is 5.48. The highest BCUT2D eigenvalue weighted by atomic mass is 35.5. The van der Waals surface area contributed by atoms with Crippen molar-refractivity contribution in [3.8, 4) is 0 Å². The summed E-state index contributed by atoms with van der Waals surface area (Å²) in [5.41, 5.74) is -0.467. The van der Waals surface area contributed by atoms with E-state index in [4.69, 9.17) is 23.2 Å². The Labute approximate surface area is 114 Å². The Hall–Kier alpha value is 0.0500. The summed E-state index contributed by atoms with van der Waals surface area (Å²) in [4.78, 5) is 11.9. The molecule has 2 nitrogen and oxygen atoms in total. The number of hydrogen-bond acceptors (Lipinski definition) is 1. The number of alkyl halides is 2. The molecule has 0 bridgehead atoms.